The average Bonchev–Trinajstić information content (AvgIpc) is 2.29. The number of piperidine rings is 1. The van der Waals surface area contributed by atoms with Gasteiger partial charge in [-0.2, -0.15) is 0 Å². The fraction of sp³-hybridized carbons (Fsp3) is 0.917. The van der Waals surface area contributed by atoms with Crippen LogP contribution in [-0.2, 0) is 4.79 Å². The van der Waals surface area contributed by atoms with Gasteiger partial charge in [-0.3, -0.25) is 4.79 Å². The molecule has 2 unspecified atom stereocenters. The molecule has 0 radical (unpaired) electrons. The Kier molecular flexibility index (Phi) is 5.77. The lowest BCUT2D eigenvalue weighted by Gasteiger charge is -2.31. The quantitative estimate of drug-likeness (QED) is 0.713. The predicted molar refractivity (Wildman–Crippen MR) is 64.5 cm³/mol. The number of rotatable bonds is 6. The van der Waals surface area contributed by atoms with Crippen molar-refractivity contribution in [2.24, 2.45) is 11.8 Å². The third kappa shape index (κ3) is 4.10. The van der Waals surface area contributed by atoms with Crippen molar-refractivity contribution in [2.45, 2.75) is 26.7 Å². The second-order valence-electron chi connectivity index (χ2n) is 4.69. The third-order valence-corrected chi connectivity index (χ3v) is 3.29. The molecule has 0 aromatic rings. The largest absolute Gasteiger partial charge is 0.481 e. The molecular weight excluding hydrogens is 204 g/mol. The van der Waals surface area contributed by atoms with Crippen LogP contribution < -0.4 is 5.32 Å². The molecule has 0 aromatic carbocycles. The maximum absolute atomic E-state index is 10.9. The van der Waals surface area contributed by atoms with Gasteiger partial charge in [0.1, 0.15) is 0 Å². The van der Waals surface area contributed by atoms with Gasteiger partial charge in [-0.15, -0.1) is 0 Å². The lowest BCUT2D eigenvalue weighted by atomic mass is 9.90. The van der Waals surface area contributed by atoms with Crippen LogP contribution >= 0.6 is 0 Å². The summed E-state index contributed by atoms with van der Waals surface area (Å²) in [6.45, 7) is 9.14. The SMILES string of the molecule is CCCN(CC)CC1CNCC(C(=O)O)C1. The molecule has 1 aliphatic rings. The zero-order chi connectivity index (χ0) is 12.0. The zero-order valence-corrected chi connectivity index (χ0v) is 10.4. The zero-order valence-electron chi connectivity index (χ0n) is 10.4. The minimum Gasteiger partial charge on any atom is -0.481 e. The number of nitrogens with zero attached hydrogens (tertiary/aromatic N) is 1. The molecule has 1 fully saturated rings. The van der Waals surface area contributed by atoms with Crippen LogP contribution in [0.15, 0.2) is 0 Å². The maximum Gasteiger partial charge on any atom is 0.307 e. The van der Waals surface area contributed by atoms with Crippen molar-refractivity contribution in [3.63, 3.8) is 0 Å². The molecule has 4 heteroatoms. The Balaban J connectivity index is 2.38. The van der Waals surface area contributed by atoms with E-state index in [1.807, 2.05) is 0 Å². The summed E-state index contributed by atoms with van der Waals surface area (Å²) in [5.41, 5.74) is 0. The normalized spacial score (nSPS) is 25.9. The van der Waals surface area contributed by atoms with Gasteiger partial charge < -0.3 is 15.3 Å². The number of hydrogen-bond donors (Lipinski definition) is 2. The Morgan fingerprint density at radius 3 is 2.75 bits per heavy atom. The monoisotopic (exact) mass is 228 g/mol. The van der Waals surface area contributed by atoms with Crippen molar-refractivity contribution in [1.29, 1.82) is 0 Å². The molecule has 0 spiro atoms. The summed E-state index contributed by atoms with van der Waals surface area (Å²) in [4.78, 5) is 13.3. The van der Waals surface area contributed by atoms with E-state index < -0.39 is 5.97 Å². The van der Waals surface area contributed by atoms with E-state index in [0.29, 0.717) is 12.5 Å². The molecule has 0 aliphatic carbocycles. The van der Waals surface area contributed by atoms with Crippen molar-refractivity contribution in [2.75, 3.05) is 32.7 Å². The van der Waals surface area contributed by atoms with E-state index in [9.17, 15) is 4.79 Å². The molecule has 2 N–H and O–H groups in total. The number of carbonyl (C=O) groups is 1. The van der Waals surface area contributed by atoms with Gasteiger partial charge in [-0.1, -0.05) is 13.8 Å². The molecule has 16 heavy (non-hydrogen) atoms. The Hall–Kier alpha value is -0.610. The van der Waals surface area contributed by atoms with Crippen LogP contribution in [0.3, 0.4) is 0 Å². The molecule has 2 atom stereocenters. The molecule has 4 nitrogen and oxygen atoms in total. The first-order valence-corrected chi connectivity index (χ1v) is 6.33. The highest BCUT2D eigenvalue weighted by atomic mass is 16.4. The molecule has 1 saturated heterocycles. The number of hydrogen-bond acceptors (Lipinski definition) is 3. The van der Waals surface area contributed by atoms with Gasteiger partial charge in [-0.25, -0.2) is 0 Å². The van der Waals surface area contributed by atoms with Crippen LogP contribution in [-0.4, -0.2) is 48.7 Å². The van der Waals surface area contributed by atoms with Gasteiger partial charge in [0.2, 0.25) is 0 Å². The van der Waals surface area contributed by atoms with Crippen LogP contribution in [0.25, 0.3) is 0 Å². The highest BCUT2D eigenvalue weighted by Crippen LogP contribution is 2.17. The van der Waals surface area contributed by atoms with Crippen molar-refractivity contribution in [3.05, 3.63) is 0 Å². The number of carboxylic acid groups (broad SMARTS) is 1. The van der Waals surface area contributed by atoms with Crippen LogP contribution in [0.1, 0.15) is 26.7 Å². The third-order valence-electron chi connectivity index (χ3n) is 3.29. The Morgan fingerprint density at radius 1 is 1.44 bits per heavy atom. The van der Waals surface area contributed by atoms with E-state index in [1.165, 1.54) is 0 Å². The van der Waals surface area contributed by atoms with Crippen LogP contribution in [0, 0.1) is 11.8 Å². The molecule has 94 valence electrons. The second kappa shape index (κ2) is 6.86. The van der Waals surface area contributed by atoms with E-state index in [2.05, 4.69) is 24.1 Å². The summed E-state index contributed by atoms with van der Waals surface area (Å²) in [6.07, 6.45) is 1.99. The van der Waals surface area contributed by atoms with Gasteiger partial charge in [0, 0.05) is 13.1 Å². The summed E-state index contributed by atoms with van der Waals surface area (Å²) in [7, 11) is 0. The van der Waals surface area contributed by atoms with Crippen LogP contribution in [0.4, 0.5) is 0 Å². The Labute approximate surface area is 98.0 Å². The number of nitrogens with one attached hydrogen (secondary N) is 1. The van der Waals surface area contributed by atoms with Gasteiger partial charge in [0.05, 0.1) is 5.92 Å². The van der Waals surface area contributed by atoms with Crippen molar-refractivity contribution < 1.29 is 9.90 Å². The molecule has 1 aliphatic heterocycles. The number of aliphatic carboxylic acids is 1. The maximum atomic E-state index is 10.9. The second-order valence-corrected chi connectivity index (χ2v) is 4.69. The van der Waals surface area contributed by atoms with E-state index in [1.54, 1.807) is 0 Å². The summed E-state index contributed by atoms with van der Waals surface area (Å²) >= 11 is 0. The first kappa shape index (κ1) is 13.5. The Morgan fingerprint density at radius 2 is 2.19 bits per heavy atom. The lowest BCUT2D eigenvalue weighted by Crippen LogP contribution is -2.44. The van der Waals surface area contributed by atoms with E-state index in [4.69, 9.17) is 5.11 Å². The lowest BCUT2D eigenvalue weighted by molar-refractivity contribution is -0.142. The number of carboxylic acids is 1. The van der Waals surface area contributed by atoms with Crippen molar-refractivity contribution in [1.82, 2.24) is 10.2 Å². The smallest absolute Gasteiger partial charge is 0.307 e. The van der Waals surface area contributed by atoms with Gasteiger partial charge in [0.25, 0.3) is 0 Å². The molecule has 0 aromatic heterocycles. The Bertz CT molecular complexity index is 221. The first-order valence-electron chi connectivity index (χ1n) is 6.33. The van der Waals surface area contributed by atoms with E-state index in [-0.39, 0.29) is 5.92 Å². The minimum absolute atomic E-state index is 0.195. The van der Waals surface area contributed by atoms with Gasteiger partial charge >= 0.3 is 5.97 Å². The van der Waals surface area contributed by atoms with Gasteiger partial charge in [0.15, 0.2) is 0 Å². The predicted octanol–water partition coefficient (Wildman–Crippen LogP) is 1.03. The summed E-state index contributed by atoms with van der Waals surface area (Å²) in [5, 5.41) is 12.2. The minimum atomic E-state index is -0.657. The summed E-state index contributed by atoms with van der Waals surface area (Å²) in [6, 6.07) is 0. The summed E-state index contributed by atoms with van der Waals surface area (Å²) in [5.74, 6) is -0.365. The molecule has 0 amide bonds. The van der Waals surface area contributed by atoms with Crippen LogP contribution in [0.2, 0.25) is 0 Å². The average molecular weight is 228 g/mol. The fourth-order valence-corrected chi connectivity index (χ4v) is 2.42. The molecule has 0 bridgehead atoms. The molecular formula is C12H24N2O2. The summed E-state index contributed by atoms with van der Waals surface area (Å²) < 4.78 is 0. The standard InChI is InChI=1S/C12H24N2O2/c1-3-5-14(4-2)9-10-6-11(12(15)16)8-13-7-10/h10-11,13H,3-9H2,1-2H3,(H,15,16). The molecule has 1 rings (SSSR count). The van der Waals surface area contributed by atoms with Crippen molar-refractivity contribution >= 4 is 5.97 Å². The highest BCUT2D eigenvalue weighted by molar-refractivity contribution is 5.70. The fourth-order valence-electron chi connectivity index (χ4n) is 2.42. The molecule has 1 heterocycles. The topological polar surface area (TPSA) is 52.6 Å². The van der Waals surface area contributed by atoms with Crippen LogP contribution in [0.5, 0.6) is 0 Å². The van der Waals surface area contributed by atoms with Crippen molar-refractivity contribution in [3.8, 4) is 0 Å². The van der Waals surface area contributed by atoms with E-state index in [0.717, 1.165) is 39.0 Å². The van der Waals surface area contributed by atoms with E-state index >= 15 is 0 Å². The van der Waals surface area contributed by atoms with Gasteiger partial charge in [-0.05, 0) is 38.4 Å². The molecule has 0 saturated carbocycles. The first-order chi connectivity index (χ1) is 7.67. The highest BCUT2D eigenvalue weighted by Gasteiger charge is 2.27.